The maximum absolute atomic E-state index is 12.9. The smallest absolute Gasteiger partial charge is 0.410 e. The van der Waals surface area contributed by atoms with Gasteiger partial charge >= 0.3 is 6.09 Å². The van der Waals surface area contributed by atoms with E-state index >= 15 is 0 Å². The highest BCUT2D eigenvalue weighted by Crippen LogP contribution is 2.39. The van der Waals surface area contributed by atoms with Crippen molar-refractivity contribution in [3.63, 3.8) is 0 Å². The minimum absolute atomic E-state index is 0.104. The van der Waals surface area contributed by atoms with E-state index < -0.39 is 0 Å². The number of rotatable bonds is 3. The second-order valence-electron chi connectivity index (χ2n) is 7.87. The fraction of sp³-hybridized carbons (Fsp3) is 0.280. The quantitative estimate of drug-likeness (QED) is 0.592. The summed E-state index contributed by atoms with van der Waals surface area (Å²) in [5.41, 5.74) is 4.60. The maximum atomic E-state index is 12.9. The van der Waals surface area contributed by atoms with Gasteiger partial charge in [-0.2, -0.15) is 0 Å². The van der Waals surface area contributed by atoms with Gasteiger partial charge in [0.15, 0.2) is 0 Å². The first-order valence-electron chi connectivity index (χ1n) is 10.3. The van der Waals surface area contributed by atoms with Gasteiger partial charge in [-0.05, 0) is 54.5 Å². The molecule has 2 unspecified atom stereocenters. The van der Waals surface area contributed by atoms with Crippen LogP contribution in [0.4, 0.5) is 4.79 Å². The molecule has 1 fully saturated rings. The monoisotopic (exact) mass is 384 g/mol. The van der Waals surface area contributed by atoms with Crippen molar-refractivity contribution in [2.75, 3.05) is 0 Å². The Labute approximate surface area is 170 Å². The van der Waals surface area contributed by atoms with Gasteiger partial charge in [-0.1, -0.05) is 54.6 Å². The molecule has 2 aliphatic rings. The van der Waals surface area contributed by atoms with Gasteiger partial charge in [0.05, 0.1) is 11.6 Å². The second kappa shape index (κ2) is 7.70. The first kappa shape index (κ1) is 17.9. The standard InChI is InChI=1S/C25H24N2O2/c28-25(29-17-18-7-2-1-3-8-18)27-20-9-6-10-21(27)16-19(15-20)22-13-14-26-24-12-5-4-11-23(22)24/h1-5,7-8,11-15,20-21H,6,9-10,16-17H2. The van der Waals surface area contributed by atoms with Gasteiger partial charge in [-0.25, -0.2) is 4.79 Å². The van der Waals surface area contributed by atoms with Gasteiger partial charge in [0.2, 0.25) is 0 Å². The third-order valence-corrected chi connectivity index (χ3v) is 6.05. The molecule has 0 saturated carbocycles. The number of hydrogen-bond acceptors (Lipinski definition) is 3. The molecule has 5 rings (SSSR count). The number of fused-ring (bicyclic) bond motifs is 3. The Morgan fingerprint density at radius 1 is 1.03 bits per heavy atom. The fourth-order valence-corrected chi connectivity index (χ4v) is 4.68. The molecule has 146 valence electrons. The SMILES string of the molecule is O=C(OCc1ccccc1)N1C2C=C(c3ccnc4ccccc34)CC1CCC2. The van der Waals surface area contributed by atoms with E-state index in [1.165, 1.54) is 16.5 Å². The van der Waals surface area contributed by atoms with Crippen LogP contribution in [0.3, 0.4) is 0 Å². The van der Waals surface area contributed by atoms with Gasteiger partial charge in [-0.3, -0.25) is 9.88 Å². The largest absolute Gasteiger partial charge is 0.445 e. The number of para-hydroxylation sites is 1. The molecular formula is C25H24N2O2. The van der Waals surface area contributed by atoms with E-state index in [-0.39, 0.29) is 18.2 Å². The topological polar surface area (TPSA) is 42.4 Å². The zero-order valence-corrected chi connectivity index (χ0v) is 16.3. The van der Waals surface area contributed by atoms with Crippen molar-refractivity contribution in [1.29, 1.82) is 0 Å². The molecule has 2 aromatic carbocycles. The number of nitrogens with zero attached hydrogens (tertiary/aromatic N) is 2. The predicted octanol–water partition coefficient (Wildman–Crippen LogP) is 5.58. The van der Waals surface area contributed by atoms with Crippen LogP contribution in [0, 0.1) is 0 Å². The van der Waals surface area contributed by atoms with Crippen LogP contribution in [0.15, 0.2) is 72.9 Å². The van der Waals surface area contributed by atoms with Crippen LogP contribution in [0.1, 0.15) is 36.8 Å². The molecule has 1 saturated heterocycles. The Balaban J connectivity index is 1.40. The molecule has 29 heavy (non-hydrogen) atoms. The Hall–Kier alpha value is -3.14. The maximum Gasteiger partial charge on any atom is 0.410 e. The number of carbonyl (C=O) groups is 1. The highest BCUT2D eigenvalue weighted by atomic mass is 16.6. The van der Waals surface area contributed by atoms with E-state index in [2.05, 4.69) is 35.3 Å². The van der Waals surface area contributed by atoms with Crippen LogP contribution < -0.4 is 0 Å². The van der Waals surface area contributed by atoms with Crippen molar-refractivity contribution in [3.8, 4) is 0 Å². The van der Waals surface area contributed by atoms with Gasteiger partial charge in [0.25, 0.3) is 0 Å². The molecule has 0 aliphatic carbocycles. The molecule has 1 amide bonds. The summed E-state index contributed by atoms with van der Waals surface area (Å²) < 4.78 is 5.66. The normalized spacial score (nSPS) is 21.0. The molecule has 2 atom stereocenters. The Bertz CT molecular complexity index is 1060. The number of aromatic nitrogens is 1. The van der Waals surface area contributed by atoms with Crippen LogP contribution in [-0.4, -0.2) is 28.1 Å². The lowest BCUT2D eigenvalue weighted by molar-refractivity contribution is 0.0510. The van der Waals surface area contributed by atoms with E-state index in [0.717, 1.165) is 36.8 Å². The minimum atomic E-state index is -0.196. The summed E-state index contributed by atoms with van der Waals surface area (Å²) in [5, 5.41) is 1.18. The average molecular weight is 384 g/mol. The number of ether oxygens (including phenoxy) is 1. The number of pyridine rings is 1. The molecule has 2 bridgehead atoms. The number of carbonyl (C=O) groups excluding carboxylic acids is 1. The first-order valence-corrected chi connectivity index (χ1v) is 10.3. The van der Waals surface area contributed by atoms with Crippen molar-refractivity contribution in [3.05, 3.63) is 84.1 Å². The number of benzene rings is 2. The summed E-state index contributed by atoms with van der Waals surface area (Å²) >= 11 is 0. The highest BCUT2D eigenvalue weighted by Gasteiger charge is 2.38. The van der Waals surface area contributed by atoms with E-state index in [0.29, 0.717) is 6.61 Å². The first-order chi connectivity index (χ1) is 14.3. The Morgan fingerprint density at radius 2 is 1.86 bits per heavy atom. The zero-order chi connectivity index (χ0) is 19.6. The van der Waals surface area contributed by atoms with Gasteiger partial charge in [-0.15, -0.1) is 0 Å². The summed E-state index contributed by atoms with van der Waals surface area (Å²) in [6, 6.07) is 20.5. The Morgan fingerprint density at radius 3 is 2.72 bits per heavy atom. The molecule has 3 aromatic rings. The fourth-order valence-electron chi connectivity index (χ4n) is 4.68. The summed E-state index contributed by atoms with van der Waals surface area (Å²) in [7, 11) is 0. The predicted molar refractivity (Wildman–Crippen MR) is 114 cm³/mol. The van der Waals surface area contributed by atoms with Gasteiger partial charge in [0.1, 0.15) is 6.61 Å². The average Bonchev–Trinajstić information content (AvgIpc) is 2.77. The molecule has 4 heteroatoms. The number of amides is 1. The molecule has 3 heterocycles. The number of piperidine rings is 1. The molecular weight excluding hydrogens is 360 g/mol. The third-order valence-electron chi connectivity index (χ3n) is 6.05. The second-order valence-corrected chi connectivity index (χ2v) is 7.87. The lowest BCUT2D eigenvalue weighted by Gasteiger charge is -2.44. The van der Waals surface area contributed by atoms with Crippen LogP contribution in [0.2, 0.25) is 0 Å². The van der Waals surface area contributed by atoms with E-state index in [1.54, 1.807) is 0 Å². The molecule has 0 spiro atoms. The van der Waals surface area contributed by atoms with Crippen molar-refractivity contribution >= 4 is 22.6 Å². The van der Waals surface area contributed by atoms with Crippen molar-refractivity contribution in [2.45, 2.75) is 44.4 Å². The zero-order valence-electron chi connectivity index (χ0n) is 16.3. The molecule has 1 aromatic heterocycles. The molecule has 2 aliphatic heterocycles. The Kier molecular flexibility index (Phi) is 4.76. The molecule has 0 radical (unpaired) electrons. The summed E-state index contributed by atoms with van der Waals surface area (Å²) in [6.45, 7) is 0.321. The van der Waals surface area contributed by atoms with Gasteiger partial charge in [0, 0.05) is 17.6 Å². The van der Waals surface area contributed by atoms with Crippen LogP contribution in [-0.2, 0) is 11.3 Å². The lowest BCUT2D eigenvalue weighted by atomic mass is 9.82. The summed E-state index contributed by atoms with van der Waals surface area (Å²) in [5.74, 6) is 0. The lowest BCUT2D eigenvalue weighted by Crippen LogP contribution is -2.51. The highest BCUT2D eigenvalue weighted by molar-refractivity contribution is 5.92. The minimum Gasteiger partial charge on any atom is -0.445 e. The molecule has 4 nitrogen and oxygen atoms in total. The van der Waals surface area contributed by atoms with Crippen molar-refractivity contribution < 1.29 is 9.53 Å². The summed E-state index contributed by atoms with van der Waals surface area (Å²) in [4.78, 5) is 19.4. The molecule has 0 N–H and O–H groups in total. The van der Waals surface area contributed by atoms with E-state index in [4.69, 9.17) is 4.74 Å². The van der Waals surface area contributed by atoms with E-state index in [9.17, 15) is 4.79 Å². The van der Waals surface area contributed by atoms with Crippen molar-refractivity contribution in [2.24, 2.45) is 0 Å². The number of hydrogen-bond donors (Lipinski definition) is 0. The van der Waals surface area contributed by atoms with Crippen LogP contribution in [0.5, 0.6) is 0 Å². The third kappa shape index (κ3) is 3.51. The van der Waals surface area contributed by atoms with Gasteiger partial charge < -0.3 is 4.74 Å². The van der Waals surface area contributed by atoms with Crippen molar-refractivity contribution in [1.82, 2.24) is 9.88 Å². The van der Waals surface area contributed by atoms with Crippen LogP contribution in [0.25, 0.3) is 16.5 Å². The summed E-state index contributed by atoms with van der Waals surface area (Å²) in [6.07, 6.45) is 8.00. The van der Waals surface area contributed by atoms with Crippen LogP contribution >= 0.6 is 0 Å². The van der Waals surface area contributed by atoms with E-state index in [1.807, 2.05) is 47.5 Å².